The van der Waals surface area contributed by atoms with Crippen LogP contribution in [0.4, 0.5) is 4.39 Å². The second-order valence-corrected chi connectivity index (χ2v) is 7.83. The quantitative estimate of drug-likeness (QED) is 0.535. The number of aryl methyl sites for hydroxylation is 2. The fourth-order valence-corrected chi connectivity index (χ4v) is 3.46. The third kappa shape index (κ3) is 7.70. The van der Waals surface area contributed by atoms with Gasteiger partial charge >= 0.3 is 0 Å². The van der Waals surface area contributed by atoms with E-state index in [1.165, 1.54) is 17.0 Å². The first-order valence-corrected chi connectivity index (χ1v) is 10.9. The van der Waals surface area contributed by atoms with E-state index in [0.29, 0.717) is 18.7 Å². The molecule has 2 rings (SSSR count). The number of carbonyl (C=O) groups is 2. The van der Waals surface area contributed by atoms with Crippen LogP contribution in [0.25, 0.3) is 0 Å². The van der Waals surface area contributed by atoms with Crippen LogP contribution in [-0.2, 0) is 16.1 Å². The maximum absolute atomic E-state index is 13.3. The van der Waals surface area contributed by atoms with Crippen LogP contribution in [0.2, 0.25) is 0 Å². The molecule has 0 saturated heterocycles. The molecule has 0 aromatic heterocycles. The second kappa shape index (κ2) is 12.1. The maximum Gasteiger partial charge on any atom is 0.261 e. The molecule has 168 valence electrons. The van der Waals surface area contributed by atoms with Crippen molar-refractivity contribution >= 4 is 11.8 Å². The maximum atomic E-state index is 13.3. The van der Waals surface area contributed by atoms with Crippen molar-refractivity contribution in [3.63, 3.8) is 0 Å². The van der Waals surface area contributed by atoms with Gasteiger partial charge in [0.15, 0.2) is 6.61 Å². The first-order valence-electron chi connectivity index (χ1n) is 10.9. The molecule has 0 spiro atoms. The Morgan fingerprint density at radius 2 is 1.71 bits per heavy atom. The average molecular weight is 429 g/mol. The smallest absolute Gasteiger partial charge is 0.261 e. The number of nitrogens with zero attached hydrogens (tertiary/aromatic N) is 1. The van der Waals surface area contributed by atoms with Crippen molar-refractivity contribution in [1.29, 1.82) is 0 Å². The first-order chi connectivity index (χ1) is 14.8. The third-order valence-electron chi connectivity index (χ3n) is 5.04. The summed E-state index contributed by atoms with van der Waals surface area (Å²) >= 11 is 0. The Morgan fingerprint density at radius 3 is 2.29 bits per heavy atom. The summed E-state index contributed by atoms with van der Waals surface area (Å²) in [7, 11) is 0. The summed E-state index contributed by atoms with van der Waals surface area (Å²) in [4.78, 5) is 27.5. The van der Waals surface area contributed by atoms with Crippen molar-refractivity contribution in [3.8, 4) is 5.75 Å². The van der Waals surface area contributed by atoms with Gasteiger partial charge in [-0.25, -0.2) is 4.39 Å². The number of rotatable bonds is 11. The van der Waals surface area contributed by atoms with Crippen molar-refractivity contribution in [2.24, 2.45) is 0 Å². The van der Waals surface area contributed by atoms with Crippen LogP contribution in [0, 0.1) is 19.7 Å². The number of hydrogen-bond donors (Lipinski definition) is 1. The van der Waals surface area contributed by atoms with Crippen molar-refractivity contribution in [2.75, 3.05) is 13.2 Å². The zero-order chi connectivity index (χ0) is 22.8. The summed E-state index contributed by atoms with van der Waals surface area (Å²) in [5.74, 6) is -0.198. The second-order valence-electron chi connectivity index (χ2n) is 7.83. The van der Waals surface area contributed by atoms with Crippen LogP contribution in [0.1, 0.15) is 49.8 Å². The number of hydrogen-bond acceptors (Lipinski definition) is 3. The number of unbranched alkanes of at least 4 members (excludes halogenated alkanes) is 1. The van der Waals surface area contributed by atoms with Crippen molar-refractivity contribution in [2.45, 2.75) is 59.5 Å². The van der Waals surface area contributed by atoms with E-state index in [9.17, 15) is 14.0 Å². The molecule has 0 fully saturated rings. The monoisotopic (exact) mass is 428 g/mol. The summed E-state index contributed by atoms with van der Waals surface area (Å²) in [5, 5.41) is 2.92. The average Bonchev–Trinajstić information content (AvgIpc) is 2.73. The Labute approximate surface area is 184 Å². The van der Waals surface area contributed by atoms with Gasteiger partial charge in [-0.3, -0.25) is 9.59 Å². The molecule has 1 unspecified atom stereocenters. The predicted octanol–water partition coefficient (Wildman–Crippen LogP) is 4.55. The molecule has 0 aliphatic rings. The molecule has 2 amide bonds. The third-order valence-corrected chi connectivity index (χ3v) is 5.04. The SMILES string of the molecule is CCCCNC(=O)C(CC)N(Cc1ccc(F)cc1)C(=O)COc1cc(C)cc(C)c1. The fraction of sp³-hybridized carbons (Fsp3) is 0.440. The van der Waals surface area contributed by atoms with Gasteiger partial charge in [0.25, 0.3) is 5.91 Å². The van der Waals surface area contributed by atoms with Gasteiger partial charge in [-0.05, 0) is 67.6 Å². The number of nitrogens with one attached hydrogen (secondary N) is 1. The van der Waals surface area contributed by atoms with Crippen LogP contribution >= 0.6 is 0 Å². The van der Waals surface area contributed by atoms with E-state index in [4.69, 9.17) is 4.74 Å². The Morgan fingerprint density at radius 1 is 1.06 bits per heavy atom. The number of halogens is 1. The van der Waals surface area contributed by atoms with Gasteiger partial charge < -0.3 is 15.0 Å². The summed E-state index contributed by atoms with van der Waals surface area (Å²) in [6.07, 6.45) is 2.32. The lowest BCUT2D eigenvalue weighted by Gasteiger charge is -2.30. The molecule has 0 saturated carbocycles. The van der Waals surface area contributed by atoms with Gasteiger partial charge in [-0.1, -0.05) is 38.5 Å². The van der Waals surface area contributed by atoms with Crippen LogP contribution in [0.3, 0.4) is 0 Å². The van der Waals surface area contributed by atoms with Crippen LogP contribution in [0.5, 0.6) is 5.75 Å². The van der Waals surface area contributed by atoms with Gasteiger partial charge in [0.05, 0.1) is 0 Å². The molecule has 2 aromatic carbocycles. The molecular weight excluding hydrogens is 395 g/mol. The van der Waals surface area contributed by atoms with Crippen LogP contribution < -0.4 is 10.1 Å². The molecule has 2 aromatic rings. The highest BCUT2D eigenvalue weighted by molar-refractivity contribution is 5.88. The van der Waals surface area contributed by atoms with E-state index in [1.807, 2.05) is 39.0 Å². The molecule has 31 heavy (non-hydrogen) atoms. The normalized spacial score (nSPS) is 11.6. The molecule has 0 radical (unpaired) electrons. The Bertz CT molecular complexity index is 847. The van der Waals surface area contributed by atoms with E-state index in [2.05, 4.69) is 12.2 Å². The van der Waals surface area contributed by atoms with Crippen LogP contribution in [-0.4, -0.2) is 35.9 Å². The topological polar surface area (TPSA) is 58.6 Å². The minimum atomic E-state index is -0.628. The molecule has 0 heterocycles. The van der Waals surface area contributed by atoms with Gasteiger partial charge in [0, 0.05) is 13.1 Å². The van der Waals surface area contributed by atoms with Crippen molar-refractivity contribution in [3.05, 3.63) is 65.0 Å². The Kier molecular flexibility index (Phi) is 9.50. The highest BCUT2D eigenvalue weighted by Gasteiger charge is 2.28. The molecule has 0 aliphatic carbocycles. The van der Waals surface area contributed by atoms with Gasteiger partial charge in [0.1, 0.15) is 17.6 Å². The Hall–Kier alpha value is -2.89. The lowest BCUT2D eigenvalue weighted by Crippen LogP contribution is -2.50. The molecule has 1 atom stereocenters. The van der Waals surface area contributed by atoms with E-state index < -0.39 is 6.04 Å². The highest BCUT2D eigenvalue weighted by atomic mass is 19.1. The summed E-state index contributed by atoms with van der Waals surface area (Å²) in [6.45, 7) is 8.46. The summed E-state index contributed by atoms with van der Waals surface area (Å²) in [5.41, 5.74) is 2.85. The molecule has 0 aliphatic heterocycles. The zero-order valence-electron chi connectivity index (χ0n) is 18.9. The summed E-state index contributed by atoms with van der Waals surface area (Å²) < 4.78 is 19.1. The number of ether oxygens (including phenoxy) is 1. The van der Waals surface area contributed by atoms with Gasteiger partial charge in [-0.15, -0.1) is 0 Å². The van der Waals surface area contributed by atoms with Crippen molar-refractivity contribution in [1.82, 2.24) is 10.2 Å². The predicted molar refractivity (Wildman–Crippen MR) is 120 cm³/mol. The minimum Gasteiger partial charge on any atom is -0.484 e. The Balaban J connectivity index is 2.18. The lowest BCUT2D eigenvalue weighted by molar-refractivity contribution is -0.143. The number of benzene rings is 2. The number of amides is 2. The zero-order valence-corrected chi connectivity index (χ0v) is 18.9. The molecule has 5 nitrogen and oxygen atoms in total. The fourth-order valence-electron chi connectivity index (χ4n) is 3.46. The molecule has 0 bridgehead atoms. The van der Waals surface area contributed by atoms with E-state index in [1.54, 1.807) is 12.1 Å². The molecular formula is C25H33FN2O3. The first kappa shape index (κ1) is 24.4. The lowest BCUT2D eigenvalue weighted by atomic mass is 10.1. The largest absolute Gasteiger partial charge is 0.484 e. The highest BCUT2D eigenvalue weighted by Crippen LogP contribution is 2.18. The minimum absolute atomic E-state index is 0.178. The van der Waals surface area contributed by atoms with Gasteiger partial charge in [0.2, 0.25) is 5.91 Å². The van der Waals surface area contributed by atoms with Crippen molar-refractivity contribution < 1.29 is 18.7 Å². The van der Waals surface area contributed by atoms with Gasteiger partial charge in [-0.2, -0.15) is 0 Å². The van der Waals surface area contributed by atoms with E-state index >= 15 is 0 Å². The summed E-state index contributed by atoms with van der Waals surface area (Å²) in [6, 6.07) is 11.1. The molecule has 1 N–H and O–H groups in total. The van der Waals surface area contributed by atoms with Crippen LogP contribution in [0.15, 0.2) is 42.5 Å². The standard InChI is InChI=1S/C25H33FN2O3/c1-5-7-12-27-25(30)23(6-2)28(16-20-8-10-21(26)11-9-20)24(29)17-31-22-14-18(3)13-19(4)15-22/h8-11,13-15,23H,5-7,12,16-17H2,1-4H3,(H,27,30). The van der Waals surface area contributed by atoms with E-state index in [-0.39, 0.29) is 30.8 Å². The van der Waals surface area contributed by atoms with E-state index in [0.717, 1.165) is 29.5 Å². The number of carbonyl (C=O) groups excluding carboxylic acids is 2. The molecule has 6 heteroatoms.